The molecule has 2 aromatic carbocycles. The largest absolute Gasteiger partial charge is 0.484 e. The van der Waals surface area contributed by atoms with Crippen LogP contribution in [0.15, 0.2) is 52.3 Å². The highest BCUT2D eigenvalue weighted by Gasteiger charge is 2.26. The molecule has 34 heavy (non-hydrogen) atoms. The number of hydrogen-bond donors (Lipinski definition) is 1. The van der Waals surface area contributed by atoms with Gasteiger partial charge in [-0.15, -0.1) is 0 Å². The van der Waals surface area contributed by atoms with Crippen LogP contribution in [-0.2, 0) is 31.4 Å². The minimum atomic E-state index is -3.53. The summed E-state index contributed by atoms with van der Waals surface area (Å²) in [5.74, 6) is 0.0837. The van der Waals surface area contributed by atoms with Crippen LogP contribution in [0.1, 0.15) is 30.4 Å². The average molecular weight is 510 g/mol. The predicted octanol–water partition coefficient (Wildman–Crippen LogP) is 2.12. The number of rotatable bonds is 9. The van der Waals surface area contributed by atoms with Crippen LogP contribution in [0.4, 0.5) is 0 Å². The first-order valence-corrected chi connectivity index (χ1v) is 13.9. The van der Waals surface area contributed by atoms with Crippen LogP contribution in [0.2, 0.25) is 0 Å². The Morgan fingerprint density at radius 3 is 2.18 bits per heavy atom. The maximum Gasteiger partial charge on any atom is 0.258 e. The summed E-state index contributed by atoms with van der Waals surface area (Å²) in [4.78, 5) is 12.6. The number of carbonyl (C=O) groups is 1. The summed E-state index contributed by atoms with van der Waals surface area (Å²) in [7, 11) is -4.10. The molecule has 3 rings (SSSR count). The van der Waals surface area contributed by atoms with E-state index in [1.54, 1.807) is 31.2 Å². The van der Waals surface area contributed by atoms with Gasteiger partial charge >= 0.3 is 0 Å². The lowest BCUT2D eigenvalue weighted by Gasteiger charge is -2.26. The number of ether oxygens (including phenoxy) is 1. The van der Waals surface area contributed by atoms with Crippen LogP contribution in [-0.4, -0.2) is 65.1 Å². The van der Waals surface area contributed by atoms with Crippen LogP contribution in [0.25, 0.3) is 0 Å². The molecule has 2 aromatic rings. The van der Waals surface area contributed by atoms with Gasteiger partial charge in [-0.2, -0.15) is 4.31 Å². The number of hydrogen-bond acceptors (Lipinski definition) is 6. The number of amides is 1. The number of aryl methyl sites for hydroxylation is 1. The van der Waals surface area contributed by atoms with Gasteiger partial charge in [-0.1, -0.05) is 18.6 Å². The molecule has 0 unspecified atom stereocenters. The van der Waals surface area contributed by atoms with Crippen molar-refractivity contribution in [3.63, 3.8) is 0 Å². The van der Waals surface area contributed by atoms with Crippen molar-refractivity contribution in [2.75, 3.05) is 33.8 Å². The number of nitrogens with one attached hydrogen (secondary N) is 1. The van der Waals surface area contributed by atoms with Gasteiger partial charge in [0.1, 0.15) is 5.75 Å². The van der Waals surface area contributed by atoms with Crippen molar-refractivity contribution in [1.29, 1.82) is 0 Å². The molecule has 186 valence electrons. The quantitative estimate of drug-likeness (QED) is 0.554. The molecule has 0 aromatic heterocycles. The summed E-state index contributed by atoms with van der Waals surface area (Å²) >= 11 is 0. The zero-order chi connectivity index (χ0) is 24.9. The third kappa shape index (κ3) is 6.15. The van der Waals surface area contributed by atoms with Gasteiger partial charge in [-0.3, -0.25) is 4.79 Å². The second-order valence-electron chi connectivity index (χ2n) is 8.39. The van der Waals surface area contributed by atoms with E-state index in [1.807, 2.05) is 0 Å². The van der Waals surface area contributed by atoms with E-state index in [2.05, 4.69) is 5.32 Å². The van der Waals surface area contributed by atoms with E-state index in [-0.39, 0.29) is 28.8 Å². The summed E-state index contributed by atoms with van der Waals surface area (Å²) < 4.78 is 58.1. The highest BCUT2D eigenvalue weighted by Crippen LogP contribution is 2.26. The topological polar surface area (TPSA) is 113 Å². The zero-order valence-electron chi connectivity index (χ0n) is 19.7. The Labute approximate surface area is 201 Å². The lowest BCUT2D eigenvalue weighted by atomic mass is 10.2. The van der Waals surface area contributed by atoms with E-state index in [0.29, 0.717) is 24.4 Å². The molecule has 0 radical (unpaired) electrons. The monoisotopic (exact) mass is 509 g/mol. The number of nitrogens with zero attached hydrogens (tertiary/aromatic N) is 2. The second kappa shape index (κ2) is 10.9. The highest BCUT2D eigenvalue weighted by molar-refractivity contribution is 7.89. The fourth-order valence-corrected chi connectivity index (χ4v) is 6.09. The standard InChI is InChI=1S/C23H31N3O6S2/c1-18-15-21(34(30,31)26-13-5-4-6-14-26)11-12-22(18)32-17-23(27)24-16-19-7-9-20(10-8-19)33(28,29)25(2)3/h7-12,15H,4-6,13-14,16-17H2,1-3H3,(H,24,27). The Morgan fingerprint density at radius 1 is 0.971 bits per heavy atom. The first-order chi connectivity index (χ1) is 16.0. The van der Waals surface area contributed by atoms with Crippen molar-refractivity contribution in [3.8, 4) is 5.75 Å². The third-order valence-corrected chi connectivity index (χ3v) is 9.37. The Hall–Kier alpha value is -2.47. The summed E-state index contributed by atoms with van der Waals surface area (Å²) in [5.41, 5.74) is 1.37. The van der Waals surface area contributed by atoms with Gasteiger partial charge in [0.25, 0.3) is 5.91 Å². The third-order valence-electron chi connectivity index (χ3n) is 5.65. The number of sulfonamides is 2. The summed E-state index contributed by atoms with van der Waals surface area (Å²) in [5, 5.41) is 2.72. The Bertz CT molecular complexity index is 1220. The molecule has 1 aliphatic heterocycles. The molecule has 0 bridgehead atoms. The smallest absolute Gasteiger partial charge is 0.258 e. The summed E-state index contributed by atoms with van der Waals surface area (Å²) in [6.07, 6.45) is 2.78. The van der Waals surface area contributed by atoms with Crippen molar-refractivity contribution in [3.05, 3.63) is 53.6 Å². The van der Waals surface area contributed by atoms with Crippen LogP contribution in [0, 0.1) is 6.92 Å². The van der Waals surface area contributed by atoms with Gasteiger partial charge < -0.3 is 10.1 Å². The van der Waals surface area contributed by atoms with Gasteiger partial charge in [-0.25, -0.2) is 21.1 Å². The van der Waals surface area contributed by atoms with E-state index < -0.39 is 20.0 Å². The summed E-state index contributed by atoms with van der Waals surface area (Å²) in [6.45, 7) is 2.80. The minimum absolute atomic E-state index is 0.178. The number of piperidine rings is 1. The van der Waals surface area contributed by atoms with E-state index >= 15 is 0 Å². The van der Waals surface area contributed by atoms with Crippen LogP contribution in [0.3, 0.4) is 0 Å². The SMILES string of the molecule is Cc1cc(S(=O)(=O)N2CCCCC2)ccc1OCC(=O)NCc1ccc(S(=O)(=O)N(C)C)cc1. The van der Waals surface area contributed by atoms with E-state index in [4.69, 9.17) is 4.74 Å². The molecule has 0 atom stereocenters. The van der Waals surface area contributed by atoms with Crippen molar-refractivity contribution < 1.29 is 26.4 Å². The van der Waals surface area contributed by atoms with Crippen molar-refractivity contribution in [1.82, 2.24) is 13.9 Å². The van der Waals surface area contributed by atoms with E-state index in [1.165, 1.54) is 36.6 Å². The Balaban J connectivity index is 1.54. The van der Waals surface area contributed by atoms with Crippen LogP contribution >= 0.6 is 0 Å². The van der Waals surface area contributed by atoms with Gasteiger partial charge in [0.05, 0.1) is 9.79 Å². The average Bonchev–Trinajstić information content (AvgIpc) is 2.82. The molecule has 9 nitrogen and oxygen atoms in total. The molecule has 1 aliphatic rings. The molecular weight excluding hydrogens is 478 g/mol. The fraction of sp³-hybridized carbons (Fsp3) is 0.435. The molecule has 1 saturated heterocycles. The zero-order valence-corrected chi connectivity index (χ0v) is 21.3. The van der Waals surface area contributed by atoms with Crippen LogP contribution < -0.4 is 10.1 Å². The van der Waals surface area contributed by atoms with E-state index in [0.717, 1.165) is 29.1 Å². The van der Waals surface area contributed by atoms with Crippen LogP contribution in [0.5, 0.6) is 5.75 Å². The summed E-state index contributed by atoms with van der Waals surface area (Å²) in [6, 6.07) is 10.9. The lowest BCUT2D eigenvalue weighted by Crippen LogP contribution is -2.35. The molecule has 1 N–H and O–H groups in total. The maximum atomic E-state index is 12.8. The fourth-order valence-electron chi connectivity index (χ4n) is 3.58. The first-order valence-electron chi connectivity index (χ1n) is 11.0. The minimum Gasteiger partial charge on any atom is -0.484 e. The second-order valence-corrected chi connectivity index (χ2v) is 12.5. The van der Waals surface area contributed by atoms with Crippen molar-refractivity contribution in [2.45, 2.75) is 42.5 Å². The van der Waals surface area contributed by atoms with Crippen molar-refractivity contribution >= 4 is 26.0 Å². The van der Waals surface area contributed by atoms with Gasteiger partial charge in [0.15, 0.2) is 6.61 Å². The first kappa shape index (κ1) is 26.1. The number of carbonyl (C=O) groups excluding carboxylic acids is 1. The molecular formula is C23H31N3O6S2. The van der Waals surface area contributed by atoms with Crippen molar-refractivity contribution in [2.24, 2.45) is 0 Å². The number of benzene rings is 2. The molecule has 1 fully saturated rings. The highest BCUT2D eigenvalue weighted by atomic mass is 32.2. The van der Waals surface area contributed by atoms with Gasteiger partial charge in [0.2, 0.25) is 20.0 Å². The predicted molar refractivity (Wildman–Crippen MR) is 128 cm³/mol. The van der Waals surface area contributed by atoms with Gasteiger partial charge in [-0.05, 0) is 61.2 Å². The molecule has 11 heteroatoms. The Kier molecular flexibility index (Phi) is 8.34. The maximum absolute atomic E-state index is 12.8. The molecule has 1 amide bonds. The molecule has 0 aliphatic carbocycles. The van der Waals surface area contributed by atoms with Gasteiger partial charge in [0, 0.05) is 33.7 Å². The molecule has 0 spiro atoms. The Morgan fingerprint density at radius 2 is 1.59 bits per heavy atom. The normalized spacial score (nSPS) is 15.3. The molecule has 0 saturated carbocycles. The lowest BCUT2D eigenvalue weighted by molar-refractivity contribution is -0.123. The molecule has 1 heterocycles. The van der Waals surface area contributed by atoms with E-state index in [9.17, 15) is 21.6 Å².